The normalized spacial score (nSPS) is 12.8. The van der Waals surface area contributed by atoms with Gasteiger partial charge < -0.3 is 0 Å². The van der Waals surface area contributed by atoms with E-state index in [4.69, 9.17) is 0 Å². The van der Waals surface area contributed by atoms with Crippen molar-refractivity contribution in [2.75, 3.05) is 7.05 Å². The lowest BCUT2D eigenvalue weighted by Gasteiger charge is -2.14. The number of rotatable bonds is 5. The standard InChI is InChI=1S/C13H13N3O4S/c1-15(11-5-3-2-4-6-11)14-21(19,20)13-9-7-12(8-10-13)16(17)18/h2-10,14H,1H3/p+1. The van der Waals surface area contributed by atoms with Gasteiger partial charge in [-0.3, -0.25) is 10.1 Å². The van der Waals surface area contributed by atoms with E-state index in [1.54, 1.807) is 31.3 Å². The summed E-state index contributed by atoms with van der Waals surface area (Å²) in [5, 5.41) is 11.0. The third-order valence-corrected chi connectivity index (χ3v) is 4.32. The number of benzene rings is 2. The Bertz CT molecular complexity index is 730. The van der Waals surface area contributed by atoms with Gasteiger partial charge in [0.2, 0.25) is 0 Å². The third-order valence-electron chi connectivity index (χ3n) is 2.85. The van der Waals surface area contributed by atoms with Crippen LogP contribution in [-0.4, -0.2) is 20.4 Å². The summed E-state index contributed by atoms with van der Waals surface area (Å²) in [6, 6.07) is 13.7. The molecule has 0 aliphatic rings. The zero-order valence-electron chi connectivity index (χ0n) is 11.2. The Kier molecular flexibility index (Phi) is 4.32. The molecule has 8 heteroatoms. The van der Waals surface area contributed by atoms with E-state index in [1.807, 2.05) is 6.07 Å². The molecular formula is C13H14N3O4S+. The lowest BCUT2D eigenvalue weighted by atomic mass is 10.3. The van der Waals surface area contributed by atoms with Crippen LogP contribution < -0.4 is 9.84 Å². The fraction of sp³-hybridized carbons (Fsp3) is 0.0769. The highest BCUT2D eigenvalue weighted by Crippen LogP contribution is 2.15. The number of non-ortho nitro benzene ring substituents is 1. The van der Waals surface area contributed by atoms with E-state index >= 15 is 0 Å². The number of sulfonamides is 1. The predicted octanol–water partition coefficient (Wildman–Crippen LogP) is 0.635. The molecule has 0 aliphatic carbocycles. The van der Waals surface area contributed by atoms with Crippen LogP contribution in [0.3, 0.4) is 0 Å². The van der Waals surface area contributed by atoms with Gasteiger partial charge in [-0.15, -0.1) is 0 Å². The predicted molar refractivity (Wildman–Crippen MR) is 76.4 cm³/mol. The number of hydrogen-bond donors (Lipinski definition) is 2. The molecule has 0 bridgehead atoms. The van der Waals surface area contributed by atoms with E-state index < -0.39 is 14.9 Å². The maximum atomic E-state index is 12.2. The molecule has 2 aromatic rings. The summed E-state index contributed by atoms with van der Waals surface area (Å²) in [5.74, 6) is 0. The molecule has 1 atom stereocenters. The summed E-state index contributed by atoms with van der Waals surface area (Å²) in [5.41, 5.74) is 0.598. The molecule has 2 rings (SSSR count). The van der Waals surface area contributed by atoms with Crippen LogP contribution in [0.25, 0.3) is 0 Å². The smallest absolute Gasteiger partial charge is 0.258 e. The van der Waals surface area contributed by atoms with Crippen molar-refractivity contribution in [2.24, 2.45) is 0 Å². The topological polar surface area (TPSA) is 93.8 Å². The van der Waals surface area contributed by atoms with Gasteiger partial charge in [-0.2, -0.15) is 0 Å². The van der Waals surface area contributed by atoms with Gasteiger partial charge in [0.1, 0.15) is 0 Å². The van der Waals surface area contributed by atoms with Crippen molar-refractivity contribution in [1.82, 2.24) is 4.83 Å². The molecule has 0 amide bonds. The maximum Gasteiger partial charge on any atom is 0.282 e. The summed E-state index contributed by atoms with van der Waals surface area (Å²) in [4.78, 5) is 12.4. The molecule has 7 nitrogen and oxygen atoms in total. The van der Waals surface area contributed by atoms with Crippen LogP contribution in [-0.2, 0) is 10.0 Å². The zero-order valence-corrected chi connectivity index (χ0v) is 12.0. The zero-order chi connectivity index (χ0) is 15.5. The van der Waals surface area contributed by atoms with Crippen molar-refractivity contribution in [1.29, 1.82) is 0 Å². The Labute approximate surface area is 122 Å². The van der Waals surface area contributed by atoms with Gasteiger partial charge in [-0.1, -0.05) is 18.2 Å². The number of nitrogens with zero attached hydrogens (tertiary/aromatic N) is 1. The Morgan fingerprint density at radius 3 is 2.14 bits per heavy atom. The summed E-state index contributed by atoms with van der Waals surface area (Å²) < 4.78 is 24.4. The lowest BCUT2D eigenvalue weighted by Crippen LogP contribution is -3.11. The van der Waals surface area contributed by atoms with Gasteiger partial charge in [0.05, 0.1) is 16.9 Å². The first-order valence-electron chi connectivity index (χ1n) is 6.06. The minimum absolute atomic E-state index is 0.0246. The van der Waals surface area contributed by atoms with Gasteiger partial charge in [-0.25, -0.2) is 13.4 Å². The van der Waals surface area contributed by atoms with Crippen LogP contribution in [0, 0.1) is 10.1 Å². The second-order valence-corrected chi connectivity index (χ2v) is 6.03. The van der Waals surface area contributed by atoms with Gasteiger partial charge in [0.25, 0.3) is 15.7 Å². The van der Waals surface area contributed by atoms with E-state index in [9.17, 15) is 18.5 Å². The summed E-state index contributed by atoms with van der Waals surface area (Å²) >= 11 is 0. The number of nitro groups is 1. The average molecular weight is 308 g/mol. The van der Waals surface area contributed by atoms with E-state index in [0.29, 0.717) is 5.01 Å². The number of para-hydroxylation sites is 1. The van der Waals surface area contributed by atoms with Crippen molar-refractivity contribution < 1.29 is 18.4 Å². The van der Waals surface area contributed by atoms with E-state index in [-0.39, 0.29) is 10.6 Å². The largest absolute Gasteiger partial charge is 0.282 e. The molecule has 0 heterocycles. The summed E-state index contributed by atoms with van der Waals surface area (Å²) in [6.07, 6.45) is 0. The van der Waals surface area contributed by atoms with Crippen LogP contribution in [0.2, 0.25) is 0 Å². The van der Waals surface area contributed by atoms with E-state index in [2.05, 4.69) is 4.83 Å². The number of nitrogens with one attached hydrogen (secondary N) is 2. The quantitative estimate of drug-likeness (QED) is 0.626. The Hall–Kier alpha value is -2.29. The fourth-order valence-electron chi connectivity index (χ4n) is 1.75. The van der Waals surface area contributed by atoms with Crippen LogP contribution in [0.15, 0.2) is 59.5 Å². The van der Waals surface area contributed by atoms with Gasteiger partial charge in [0, 0.05) is 24.3 Å². The molecule has 0 aromatic heterocycles. The maximum absolute atomic E-state index is 12.2. The first kappa shape index (κ1) is 15.1. The third kappa shape index (κ3) is 3.63. The van der Waals surface area contributed by atoms with Gasteiger partial charge in [0.15, 0.2) is 5.69 Å². The average Bonchev–Trinajstić information content (AvgIpc) is 2.48. The Morgan fingerprint density at radius 1 is 1.05 bits per heavy atom. The number of hydrogen-bond acceptors (Lipinski definition) is 4. The summed E-state index contributed by atoms with van der Waals surface area (Å²) in [6.45, 7) is 0. The highest BCUT2D eigenvalue weighted by molar-refractivity contribution is 7.89. The molecule has 1 unspecified atom stereocenters. The van der Waals surface area contributed by atoms with Gasteiger partial charge in [-0.05, 0) is 17.0 Å². The fourth-order valence-corrected chi connectivity index (χ4v) is 2.89. The van der Waals surface area contributed by atoms with E-state index in [0.717, 1.165) is 17.8 Å². The van der Waals surface area contributed by atoms with Crippen molar-refractivity contribution in [3.8, 4) is 0 Å². The molecule has 0 saturated heterocycles. The lowest BCUT2D eigenvalue weighted by molar-refractivity contribution is -0.843. The molecule has 110 valence electrons. The molecule has 0 fully saturated rings. The number of nitro benzene ring substituents is 1. The van der Waals surface area contributed by atoms with Crippen LogP contribution >= 0.6 is 0 Å². The number of quaternary nitrogens is 1. The molecule has 0 radical (unpaired) electrons. The molecule has 0 aliphatic heterocycles. The van der Waals surface area contributed by atoms with Crippen molar-refractivity contribution >= 4 is 21.4 Å². The highest BCUT2D eigenvalue weighted by Gasteiger charge is 2.21. The van der Waals surface area contributed by atoms with Crippen molar-refractivity contribution in [2.45, 2.75) is 4.90 Å². The monoisotopic (exact) mass is 308 g/mol. The molecular weight excluding hydrogens is 294 g/mol. The SMILES string of the molecule is C[NH+](NS(=O)(=O)c1ccc([N+](=O)[O-])cc1)c1ccccc1. The first-order chi connectivity index (χ1) is 9.90. The molecule has 2 aromatic carbocycles. The van der Waals surface area contributed by atoms with Crippen molar-refractivity contribution in [3.05, 3.63) is 64.7 Å². The second-order valence-electron chi connectivity index (χ2n) is 4.35. The minimum Gasteiger partial charge on any atom is -0.258 e. The van der Waals surface area contributed by atoms with E-state index in [1.165, 1.54) is 12.1 Å². The first-order valence-corrected chi connectivity index (χ1v) is 7.55. The highest BCUT2D eigenvalue weighted by atomic mass is 32.2. The Balaban J connectivity index is 2.20. The van der Waals surface area contributed by atoms with Crippen LogP contribution in [0.4, 0.5) is 11.4 Å². The molecule has 0 spiro atoms. The van der Waals surface area contributed by atoms with Crippen LogP contribution in [0.1, 0.15) is 0 Å². The summed E-state index contributed by atoms with van der Waals surface area (Å²) in [7, 11) is -2.11. The van der Waals surface area contributed by atoms with Crippen molar-refractivity contribution in [3.63, 3.8) is 0 Å². The molecule has 2 N–H and O–H groups in total. The molecule has 0 saturated carbocycles. The molecule has 21 heavy (non-hydrogen) atoms. The second kappa shape index (κ2) is 6.00. The Morgan fingerprint density at radius 2 is 1.62 bits per heavy atom. The van der Waals surface area contributed by atoms with Crippen LogP contribution in [0.5, 0.6) is 0 Å². The minimum atomic E-state index is -3.76. The van der Waals surface area contributed by atoms with Gasteiger partial charge >= 0.3 is 0 Å².